The zero-order valence-corrected chi connectivity index (χ0v) is 21.6. The number of aliphatic hydroxyl groups is 1. The number of nitrogens with one attached hydrogen (secondary N) is 1. The molecule has 0 amide bonds. The molecule has 1 aliphatic rings. The first-order valence-corrected chi connectivity index (χ1v) is 13.9. The van der Waals surface area contributed by atoms with Crippen LogP contribution in [0.15, 0.2) is 107 Å². The molecule has 4 aromatic rings. The Kier molecular flexibility index (Phi) is 7.08. The standard InChI is InChI=1S/C29H28N2O4Se/c1-20-18-31(28(34)30-27(20)33)26-17-24(32)25(36-26)19-35-29(21-11-5-2-6-12-21,22-13-7-3-8-14-22)23-15-9-4-10-16-23/h2-16,18,24-26,32H,17,19H2,1H3,(H,30,33,34)/t24-,25-,26-/m1/s1. The number of aryl methyl sites for hydroxylation is 1. The van der Waals surface area contributed by atoms with E-state index in [2.05, 4.69) is 41.4 Å². The van der Waals surface area contributed by atoms with Gasteiger partial charge < -0.3 is 0 Å². The molecule has 1 aliphatic heterocycles. The second-order valence-electron chi connectivity index (χ2n) is 9.00. The third-order valence-corrected chi connectivity index (χ3v) is 9.88. The van der Waals surface area contributed by atoms with Crippen molar-refractivity contribution in [3.63, 3.8) is 0 Å². The van der Waals surface area contributed by atoms with Gasteiger partial charge in [-0.1, -0.05) is 0 Å². The molecule has 0 radical (unpaired) electrons. The van der Waals surface area contributed by atoms with Crippen molar-refractivity contribution in [2.45, 2.75) is 34.8 Å². The maximum atomic E-state index is 12.5. The molecule has 1 saturated heterocycles. The Bertz CT molecular complexity index is 1320. The van der Waals surface area contributed by atoms with E-state index in [0.717, 1.165) is 16.7 Å². The topological polar surface area (TPSA) is 84.3 Å². The summed E-state index contributed by atoms with van der Waals surface area (Å²) in [5, 5.41) is 11.0. The Balaban J connectivity index is 1.50. The molecule has 184 valence electrons. The molecule has 0 bridgehead atoms. The van der Waals surface area contributed by atoms with Crippen molar-refractivity contribution in [1.29, 1.82) is 0 Å². The molecule has 6 nitrogen and oxygen atoms in total. The van der Waals surface area contributed by atoms with Crippen LogP contribution in [-0.4, -0.2) is 42.3 Å². The molecular formula is C29H28N2O4Se. The van der Waals surface area contributed by atoms with Gasteiger partial charge in [-0.05, 0) is 0 Å². The number of hydrogen-bond donors (Lipinski definition) is 2. The normalized spacial score (nSPS) is 19.9. The number of ether oxygens (including phenoxy) is 1. The van der Waals surface area contributed by atoms with Crippen LogP contribution >= 0.6 is 0 Å². The number of benzene rings is 3. The fourth-order valence-electron chi connectivity index (χ4n) is 4.81. The molecule has 5 rings (SSSR count). The van der Waals surface area contributed by atoms with E-state index >= 15 is 0 Å². The van der Waals surface area contributed by atoms with Gasteiger partial charge in [0.25, 0.3) is 0 Å². The minimum atomic E-state index is -0.858. The molecule has 0 aliphatic carbocycles. The molecule has 0 spiro atoms. The summed E-state index contributed by atoms with van der Waals surface area (Å²) >= 11 is -0.121. The number of rotatable bonds is 7. The van der Waals surface area contributed by atoms with Crippen LogP contribution in [0.2, 0.25) is 4.82 Å². The van der Waals surface area contributed by atoms with Gasteiger partial charge in [-0.15, -0.1) is 0 Å². The summed E-state index contributed by atoms with van der Waals surface area (Å²) in [6, 6.07) is 30.4. The van der Waals surface area contributed by atoms with Crippen molar-refractivity contribution >= 4 is 15.0 Å². The van der Waals surface area contributed by atoms with E-state index in [1.807, 2.05) is 54.6 Å². The predicted molar refractivity (Wildman–Crippen MR) is 140 cm³/mol. The van der Waals surface area contributed by atoms with Gasteiger partial charge in [0, 0.05) is 0 Å². The van der Waals surface area contributed by atoms with Gasteiger partial charge in [0.15, 0.2) is 0 Å². The number of nitrogens with zero attached hydrogens (tertiary/aromatic N) is 1. The zero-order valence-electron chi connectivity index (χ0n) is 19.9. The predicted octanol–water partition coefficient (Wildman–Crippen LogP) is 3.61. The number of aromatic amines is 1. The molecule has 2 N–H and O–H groups in total. The third kappa shape index (κ3) is 4.63. The van der Waals surface area contributed by atoms with Crippen molar-refractivity contribution in [3.8, 4) is 0 Å². The first-order valence-electron chi connectivity index (χ1n) is 11.9. The van der Waals surface area contributed by atoms with Crippen LogP contribution in [0.3, 0.4) is 0 Å². The summed E-state index contributed by atoms with van der Waals surface area (Å²) < 4.78 is 8.48. The van der Waals surface area contributed by atoms with E-state index in [4.69, 9.17) is 4.74 Å². The number of aromatic nitrogens is 2. The zero-order chi connectivity index (χ0) is 25.1. The summed E-state index contributed by atoms with van der Waals surface area (Å²) in [5.41, 5.74) is 1.84. The molecule has 1 aromatic heterocycles. The van der Waals surface area contributed by atoms with Crippen LogP contribution < -0.4 is 11.2 Å². The van der Waals surface area contributed by atoms with Gasteiger partial charge in [0.05, 0.1) is 0 Å². The molecule has 3 atom stereocenters. The van der Waals surface area contributed by atoms with Crippen LogP contribution in [0, 0.1) is 6.92 Å². The summed E-state index contributed by atoms with van der Waals surface area (Å²) in [6.45, 7) is 2.01. The Morgan fingerprint density at radius 3 is 1.92 bits per heavy atom. The fourth-order valence-corrected chi connectivity index (χ4v) is 7.83. The van der Waals surface area contributed by atoms with E-state index in [1.54, 1.807) is 17.7 Å². The Morgan fingerprint density at radius 1 is 0.917 bits per heavy atom. The van der Waals surface area contributed by atoms with E-state index < -0.39 is 17.4 Å². The molecule has 3 aromatic carbocycles. The average molecular weight is 548 g/mol. The number of hydrogen-bond acceptors (Lipinski definition) is 4. The summed E-state index contributed by atoms with van der Waals surface area (Å²) in [5.74, 6) is 0. The molecule has 0 saturated carbocycles. The van der Waals surface area contributed by atoms with E-state index in [-0.39, 0.29) is 30.3 Å². The van der Waals surface area contributed by atoms with Crippen molar-refractivity contribution < 1.29 is 9.84 Å². The van der Waals surface area contributed by atoms with E-state index in [9.17, 15) is 14.7 Å². The van der Waals surface area contributed by atoms with Crippen LogP contribution in [0.5, 0.6) is 0 Å². The Morgan fingerprint density at radius 2 is 1.42 bits per heavy atom. The van der Waals surface area contributed by atoms with Crippen molar-refractivity contribution in [2.75, 3.05) is 6.61 Å². The van der Waals surface area contributed by atoms with Gasteiger partial charge in [0.1, 0.15) is 0 Å². The maximum absolute atomic E-state index is 12.5. The van der Waals surface area contributed by atoms with Crippen LogP contribution in [0.1, 0.15) is 33.6 Å². The molecular weight excluding hydrogens is 519 g/mol. The first-order chi connectivity index (χ1) is 17.5. The van der Waals surface area contributed by atoms with Crippen LogP contribution in [0.25, 0.3) is 0 Å². The Labute approximate surface area is 215 Å². The SMILES string of the molecule is Cc1cn([C@H]2C[C@@H](O)[C@@H](COC(c3ccccc3)(c3ccccc3)c3ccccc3)[Se]2)c(=O)[nH]c1=O. The molecule has 0 unspecified atom stereocenters. The van der Waals surface area contributed by atoms with Crippen LogP contribution in [0.4, 0.5) is 0 Å². The van der Waals surface area contributed by atoms with Gasteiger partial charge in [0.2, 0.25) is 0 Å². The monoisotopic (exact) mass is 548 g/mol. The number of aliphatic hydroxyl groups excluding tert-OH is 1. The summed E-state index contributed by atoms with van der Waals surface area (Å²) in [7, 11) is 0. The van der Waals surface area contributed by atoms with Gasteiger partial charge in [-0.25, -0.2) is 0 Å². The van der Waals surface area contributed by atoms with Gasteiger partial charge in [-0.2, -0.15) is 0 Å². The quantitative estimate of drug-likeness (QED) is 0.274. The van der Waals surface area contributed by atoms with E-state index in [1.165, 1.54) is 0 Å². The minimum absolute atomic E-state index is 0.114. The summed E-state index contributed by atoms with van der Waals surface area (Å²) in [6.07, 6.45) is 1.45. The van der Waals surface area contributed by atoms with Crippen LogP contribution in [-0.2, 0) is 10.3 Å². The second kappa shape index (κ2) is 10.4. The van der Waals surface area contributed by atoms with Crippen molar-refractivity contribution in [3.05, 3.63) is 140 Å². The molecule has 1 fully saturated rings. The summed E-state index contributed by atoms with van der Waals surface area (Å²) in [4.78, 5) is 26.4. The molecule has 2 heterocycles. The fraction of sp³-hybridized carbons (Fsp3) is 0.241. The van der Waals surface area contributed by atoms with Crippen molar-refractivity contribution in [1.82, 2.24) is 9.55 Å². The first kappa shape index (κ1) is 24.5. The van der Waals surface area contributed by atoms with Gasteiger partial charge in [-0.3, -0.25) is 0 Å². The van der Waals surface area contributed by atoms with E-state index in [0.29, 0.717) is 18.6 Å². The van der Waals surface area contributed by atoms with Gasteiger partial charge >= 0.3 is 216 Å². The number of H-pyrrole nitrogens is 1. The average Bonchev–Trinajstić information content (AvgIpc) is 3.28. The second-order valence-corrected chi connectivity index (χ2v) is 12.0. The third-order valence-electron chi connectivity index (χ3n) is 6.67. The molecule has 7 heteroatoms. The Hall–Kier alpha value is -3.22. The molecule has 36 heavy (non-hydrogen) atoms. The van der Waals surface area contributed by atoms with Crippen molar-refractivity contribution in [2.24, 2.45) is 0 Å².